The molecule has 0 fully saturated rings. The Hall–Kier alpha value is -3.25. The van der Waals surface area contributed by atoms with Crippen LogP contribution in [-0.4, -0.2) is 44.9 Å². The van der Waals surface area contributed by atoms with Gasteiger partial charge in [0.15, 0.2) is 17.3 Å². The van der Waals surface area contributed by atoms with Crippen LogP contribution in [0.1, 0.15) is 33.3 Å². The third-order valence-corrected chi connectivity index (χ3v) is 5.39. The number of carbonyl (C=O) groups is 1. The van der Waals surface area contributed by atoms with Gasteiger partial charge in [0.2, 0.25) is 0 Å². The maximum Gasteiger partial charge on any atom is 0.197 e. The van der Waals surface area contributed by atoms with Crippen LogP contribution in [0.2, 0.25) is 0 Å². The molecule has 0 aromatic heterocycles. The molecule has 0 aliphatic carbocycles. The van der Waals surface area contributed by atoms with Gasteiger partial charge >= 0.3 is 0 Å². The number of hydrogen-bond acceptors (Lipinski definition) is 6. The minimum Gasteiger partial charge on any atom is -0.495 e. The molecule has 0 spiro atoms. The van der Waals surface area contributed by atoms with E-state index in [1.54, 1.807) is 38.5 Å². The van der Waals surface area contributed by atoms with Crippen LogP contribution in [-0.2, 0) is 14.3 Å². The van der Waals surface area contributed by atoms with Crippen molar-refractivity contribution in [2.24, 2.45) is 0 Å². The van der Waals surface area contributed by atoms with Crippen molar-refractivity contribution >= 4 is 11.4 Å². The van der Waals surface area contributed by atoms with Gasteiger partial charge in [-0.1, -0.05) is 24.8 Å². The Kier molecular flexibility index (Phi) is 6.89. The number of allylic oxidation sites excluding steroid dienone is 4. The number of ketones is 1. The Bertz CT molecular complexity index is 1080. The van der Waals surface area contributed by atoms with Crippen LogP contribution in [0.4, 0.5) is 0 Å². The number of fused-ring (bicyclic) bond motifs is 1. The molecule has 33 heavy (non-hydrogen) atoms. The molecule has 0 saturated heterocycles. The van der Waals surface area contributed by atoms with E-state index in [-0.39, 0.29) is 5.78 Å². The van der Waals surface area contributed by atoms with Crippen molar-refractivity contribution in [3.63, 3.8) is 0 Å². The Labute approximate surface area is 195 Å². The number of hydrogen-bond donors (Lipinski definition) is 0. The molecule has 3 rings (SSSR count). The minimum absolute atomic E-state index is 0.220. The third kappa shape index (κ3) is 5.22. The fourth-order valence-electron chi connectivity index (χ4n) is 3.75. The normalized spacial score (nSPS) is 23.4. The molecule has 0 amide bonds. The number of methoxy groups -OCH3 is 3. The molecule has 2 heterocycles. The van der Waals surface area contributed by atoms with Crippen LogP contribution in [0.25, 0.3) is 5.57 Å². The average Bonchev–Trinajstić information content (AvgIpc) is 2.76. The molecule has 0 bridgehead atoms. The highest BCUT2D eigenvalue weighted by Crippen LogP contribution is 2.44. The molecule has 6 heteroatoms. The monoisotopic (exact) mass is 452 g/mol. The van der Waals surface area contributed by atoms with Crippen LogP contribution < -0.4 is 14.2 Å². The Morgan fingerprint density at radius 1 is 0.970 bits per heavy atom. The summed E-state index contributed by atoms with van der Waals surface area (Å²) in [7, 11) is 4.65. The topological polar surface area (TPSA) is 63.2 Å². The molecule has 2 aliphatic rings. The molecule has 0 atom stereocenters. The molecular formula is C27H32O6. The van der Waals surface area contributed by atoms with Gasteiger partial charge in [0, 0.05) is 22.8 Å². The number of rotatable bonds is 5. The van der Waals surface area contributed by atoms with E-state index < -0.39 is 11.2 Å². The minimum atomic E-state index is -0.713. The zero-order chi connectivity index (χ0) is 24.4. The molecule has 0 unspecified atom stereocenters. The molecule has 0 saturated carbocycles. The second kappa shape index (κ2) is 9.32. The van der Waals surface area contributed by atoms with Gasteiger partial charge in [0.25, 0.3) is 0 Å². The van der Waals surface area contributed by atoms with Crippen molar-refractivity contribution < 1.29 is 28.5 Å². The molecule has 0 radical (unpaired) electrons. The lowest BCUT2D eigenvalue weighted by Gasteiger charge is -2.31. The van der Waals surface area contributed by atoms with E-state index in [2.05, 4.69) is 6.58 Å². The van der Waals surface area contributed by atoms with E-state index in [4.69, 9.17) is 23.7 Å². The second-order valence-corrected chi connectivity index (χ2v) is 8.92. The summed E-state index contributed by atoms with van der Waals surface area (Å²) >= 11 is 0. The van der Waals surface area contributed by atoms with Crippen molar-refractivity contribution in [1.82, 2.24) is 0 Å². The summed E-state index contributed by atoms with van der Waals surface area (Å²) in [6, 6.07) is 3.49. The fraction of sp³-hybridized carbons (Fsp3) is 0.370. The lowest BCUT2D eigenvalue weighted by molar-refractivity contribution is -0.110. The number of Topliss-reactive ketones (excluding diaryl/α,β-unsaturated/α-hetero) is 1. The maximum absolute atomic E-state index is 14.0. The van der Waals surface area contributed by atoms with Crippen LogP contribution in [0, 0.1) is 0 Å². The SMILES string of the molecule is C=C1/C=C\C(C)(C)OC/C=C\C(C(=O)C2=CC(C)(C)Oc3cc(OC)c(OC)cc32)=C/1OC. The highest BCUT2D eigenvalue weighted by molar-refractivity contribution is 6.31. The zero-order valence-electron chi connectivity index (χ0n) is 20.4. The van der Waals surface area contributed by atoms with Crippen molar-refractivity contribution in [2.45, 2.75) is 38.9 Å². The van der Waals surface area contributed by atoms with Crippen molar-refractivity contribution in [3.8, 4) is 17.2 Å². The summed E-state index contributed by atoms with van der Waals surface area (Å²) in [5.74, 6) is 1.74. The summed E-state index contributed by atoms with van der Waals surface area (Å²) in [5.41, 5.74) is 0.851. The van der Waals surface area contributed by atoms with Crippen LogP contribution in [0.3, 0.4) is 0 Å². The van der Waals surface area contributed by atoms with Crippen LogP contribution in [0.5, 0.6) is 17.2 Å². The van der Waals surface area contributed by atoms with Gasteiger partial charge in [-0.05, 0) is 45.9 Å². The first-order chi connectivity index (χ1) is 15.5. The van der Waals surface area contributed by atoms with E-state index in [9.17, 15) is 4.79 Å². The predicted octanol–water partition coefficient (Wildman–Crippen LogP) is 5.21. The lowest BCUT2D eigenvalue weighted by atomic mass is 9.88. The Balaban J connectivity index is 2.18. The van der Waals surface area contributed by atoms with E-state index >= 15 is 0 Å². The first-order valence-electron chi connectivity index (χ1n) is 10.7. The second-order valence-electron chi connectivity index (χ2n) is 8.92. The van der Waals surface area contributed by atoms with Crippen molar-refractivity contribution in [2.75, 3.05) is 27.9 Å². The highest BCUT2D eigenvalue weighted by Gasteiger charge is 2.33. The molecule has 0 N–H and O–H groups in total. The lowest BCUT2D eigenvalue weighted by Crippen LogP contribution is -2.30. The van der Waals surface area contributed by atoms with Gasteiger partial charge in [0.1, 0.15) is 17.1 Å². The predicted molar refractivity (Wildman–Crippen MR) is 129 cm³/mol. The van der Waals surface area contributed by atoms with Crippen LogP contribution >= 0.6 is 0 Å². The number of carbonyl (C=O) groups excluding carboxylic acids is 1. The summed E-state index contributed by atoms with van der Waals surface area (Å²) in [6.07, 6.45) is 9.06. The van der Waals surface area contributed by atoms with E-state index in [1.807, 2.05) is 45.9 Å². The summed E-state index contributed by atoms with van der Waals surface area (Å²) in [4.78, 5) is 14.0. The number of benzene rings is 1. The maximum atomic E-state index is 14.0. The molecule has 6 nitrogen and oxygen atoms in total. The van der Waals surface area contributed by atoms with Crippen LogP contribution in [0.15, 0.2) is 66.0 Å². The molecule has 176 valence electrons. The van der Waals surface area contributed by atoms with Gasteiger partial charge in [0.05, 0.1) is 39.1 Å². The number of ether oxygens (including phenoxy) is 5. The molecule has 1 aromatic rings. The summed E-state index contributed by atoms with van der Waals surface area (Å²) in [5, 5.41) is 0. The fourth-order valence-corrected chi connectivity index (χ4v) is 3.75. The Morgan fingerprint density at radius 3 is 2.27 bits per heavy atom. The van der Waals surface area contributed by atoms with Gasteiger partial charge in [-0.25, -0.2) is 0 Å². The Morgan fingerprint density at radius 2 is 1.64 bits per heavy atom. The van der Waals surface area contributed by atoms with Crippen molar-refractivity contribution in [3.05, 3.63) is 71.6 Å². The summed E-state index contributed by atoms with van der Waals surface area (Å²) < 4.78 is 28.6. The van der Waals surface area contributed by atoms with E-state index in [0.717, 1.165) is 0 Å². The van der Waals surface area contributed by atoms with E-state index in [0.29, 0.717) is 51.9 Å². The van der Waals surface area contributed by atoms with E-state index in [1.165, 1.54) is 7.11 Å². The molecule has 2 aliphatic heterocycles. The standard InChI is InChI=1S/C27H32O6/c1-17-11-12-26(2,3)32-13-9-10-18(25(17)31-8)24(28)20-16-27(4,5)33-21-15-23(30-7)22(29-6)14-19(20)21/h9-12,14-16H,1,13H2,2-8H3/b10-9-,12-11-,25-18-. The third-order valence-electron chi connectivity index (χ3n) is 5.39. The quantitative estimate of drug-likeness (QED) is 0.612. The smallest absolute Gasteiger partial charge is 0.197 e. The first kappa shape index (κ1) is 24.4. The highest BCUT2D eigenvalue weighted by atomic mass is 16.5. The van der Waals surface area contributed by atoms with Gasteiger partial charge in [-0.15, -0.1) is 0 Å². The van der Waals surface area contributed by atoms with Gasteiger partial charge in [-0.3, -0.25) is 4.79 Å². The largest absolute Gasteiger partial charge is 0.495 e. The van der Waals surface area contributed by atoms with Gasteiger partial charge < -0.3 is 23.7 Å². The molecule has 1 aromatic carbocycles. The van der Waals surface area contributed by atoms with Crippen molar-refractivity contribution in [1.29, 1.82) is 0 Å². The zero-order valence-corrected chi connectivity index (χ0v) is 20.4. The first-order valence-corrected chi connectivity index (χ1v) is 10.7. The molecular weight excluding hydrogens is 420 g/mol. The van der Waals surface area contributed by atoms with Gasteiger partial charge in [-0.2, -0.15) is 0 Å². The summed E-state index contributed by atoms with van der Waals surface area (Å²) in [6.45, 7) is 12.2. The average molecular weight is 453 g/mol.